The molecule has 0 bridgehead atoms. The summed E-state index contributed by atoms with van der Waals surface area (Å²) < 4.78 is -0.227. The fraction of sp³-hybridized carbons (Fsp3) is 0.222. The third kappa shape index (κ3) is 6.04. The molecule has 2 aliphatic carbocycles. The maximum atomic E-state index is 12.1. The molecule has 0 saturated carbocycles. The second-order valence-corrected chi connectivity index (χ2v) is 10.5. The molecule has 2 unspecified atom stereocenters. The van der Waals surface area contributed by atoms with E-state index in [2.05, 4.69) is 55.8 Å². The highest BCUT2D eigenvalue weighted by Crippen LogP contribution is 2.24. The predicted molar refractivity (Wildman–Crippen MR) is 114 cm³/mol. The average molecular weight is 548 g/mol. The van der Waals surface area contributed by atoms with E-state index in [4.69, 9.17) is 0 Å². The lowest BCUT2D eigenvalue weighted by atomic mass is 10.1. The number of carbonyl (C=O) groups is 2. The quantitative estimate of drug-likeness (QED) is 0.315. The van der Waals surface area contributed by atoms with Crippen LogP contribution in [0.5, 0.6) is 0 Å². The van der Waals surface area contributed by atoms with Crippen LogP contribution in [-0.2, 0) is 9.59 Å². The van der Waals surface area contributed by atoms with E-state index in [-0.39, 0.29) is 6.84 Å². The highest BCUT2D eigenvalue weighted by atomic mass is 127. The summed E-state index contributed by atoms with van der Waals surface area (Å²) in [5.41, 5.74) is 1.16. The number of carbonyl (C=O) groups excluding carboxylic acids is 2. The molecule has 2 rings (SSSR count). The Labute approximate surface area is 169 Å². The van der Waals surface area contributed by atoms with Crippen LogP contribution in [0.25, 0.3) is 0 Å². The monoisotopic (exact) mass is 548 g/mol. The molecular weight excluding hydrogens is 530 g/mol. The zero-order valence-electron chi connectivity index (χ0n) is 13.3. The summed E-state index contributed by atoms with van der Waals surface area (Å²) in [5.74, 6) is -1.40. The molecule has 4 nitrogen and oxygen atoms in total. The molecule has 0 aromatic heterocycles. The molecule has 0 aliphatic heterocycles. The molecule has 0 saturated heterocycles. The Morgan fingerprint density at radius 1 is 0.792 bits per heavy atom. The predicted octanol–water partition coefficient (Wildman–Crippen LogP) is 3.63. The molecule has 0 radical (unpaired) electrons. The minimum Gasteiger partial charge on any atom is -0.318 e. The van der Waals surface area contributed by atoms with E-state index >= 15 is 0 Å². The number of allylic oxidation sites excluding steroid dienone is 10. The van der Waals surface area contributed by atoms with Gasteiger partial charge in [-0.1, -0.05) is 81.6 Å². The number of hydrogen-bond donors (Lipinski definition) is 2. The third-order valence-electron chi connectivity index (χ3n) is 3.30. The van der Waals surface area contributed by atoms with Gasteiger partial charge < -0.3 is 10.6 Å². The maximum absolute atomic E-state index is 12.1. The Bertz CT molecular complexity index is 661. The minimum absolute atomic E-state index is 0.114. The summed E-state index contributed by atoms with van der Waals surface area (Å²) in [6.07, 6.45) is 18.8. The first-order chi connectivity index (χ1) is 11.2. The Balaban J connectivity index is 1.98. The van der Waals surface area contributed by atoms with E-state index in [0.717, 1.165) is 0 Å². The van der Waals surface area contributed by atoms with Crippen LogP contribution in [-0.4, -0.2) is 18.7 Å². The number of amides is 2. The largest absolute Gasteiger partial charge is 0.318 e. The normalized spacial score (nSPS) is 28.5. The maximum Gasteiger partial charge on any atom is 0.314 e. The van der Waals surface area contributed by atoms with Crippen LogP contribution in [0.15, 0.2) is 72.2 Å². The summed E-state index contributed by atoms with van der Waals surface area (Å²) >= 11 is 4.59. The van der Waals surface area contributed by atoms with Gasteiger partial charge in [-0.3, -0.25) is 9.59 Å². The third-order valence-corrected chi connectivity index (χ3v) is 4.73. The first kappa shape index (κ1) is 19.2. The van der Waals surface area contributed by atoms with Gasteiger partial charge in [-0.15, -0.1) is 0 Å². The first-order valence-electron chi connectivity index (χ1n) is 7.35. The van der Waals surface area contributed by atoms with Crippen molar-refractivity contribution in [1.82, 2.24) is 10.6 Å². The molecule has 6 heteroatoms. The summed E-state index contributed by atoms with van der Waals surface area (Å²) in [6, 6.07) is 0. The summed E-state index contributed by atoms with van der Waals surface area (Å²) in [7, 11) is 0. The minimum atomic E-state index is -0.698. The summed E-state index contributed by atoms with van der Waals surface area (Å²) in [5, 5.41) is 5.23. The lowest BCUT2D eigenvalue weighted by Gasteiger charge is -2.11. The van der Waals surface area contributed by atoms with Crippen LogP contribution >= 0.6 is 45.2 Å². The molecular formula is C18H18I2N2O2. The topological polar surface area (TPSA) is 58.2 Å². The lowest BCUT2D eigenvalue weighted by Crippen LogP contribution is -2.38. The van der Waals surface area contributed by atoms with Crippen molar-refractivity contribution in [2.45, 2.75) is 20.7 Å². The average Bonchev–Trinajstić information content (AvgIpc) is 2.75. The van der Waals surface area contributed by atoms with E-state index < -0.39 is 11.8 Å². The van der Waals surface area contributed by atoms with Gasteiger partial charge in [-0.05, 0) is 38.2 Å². The molecule has 2 N–H and O–H groups in total. The zero-order chi connectivity index (χ0) is 17.8. The van der Waals surface area contributed by atoms with Crippen molar-refractivity contribution in [1.29, 1.82) is 0 Å². The molecule has 0 aromatic rings. The van der Waals surface area contributed by atoms with E-state index in [1.54, 1.807) is 24.3 Å². The van der Waals surface area contributed by atoms with Crippen molar-refractivity contribution in [2.24, 2.45) is 0 Å². The fourth-order valence-electron chi connectivity index (χ4n) is 1.95. The SMILES string of the molecule is CC1(I)C=CC=C(NC(=O)C(=O)NC2=CC=CC(C)(I)C=C2)C=C1. The molecule has 0 spiro atoms. The van der Waals surface area contributed by atoms with Crippen LogP contribution in [0.3, 0.4) is 0 Å². The lowest BCUT2D eigenvalue weighted by molar-refractivity contribution is -0.138. The highest BCUT2D eigenvalue weighted by molar-refractivity contribution is 14.1. The van der Waals surface area contributed by atoms with Crippen molar-refractivity contribution in [3.63, 3.8) is 0 Å². The Kier molecular flexibility index (Phi) is 6.24. The summed E-state index contributed by atoms with van der Waals surface area (Å²) in [6.45, 7) is 4.09. The fourth-order valence-corrected chi connectivity index (χ4v) is 2.72. The van der Waals surface area contributed by atoms with Crippen molar-refractivity contribution in [3.8, 4) is 0 Å². The van der Waals surface area contributed by atoms with Gasteiger partial charge in [0.1, 0.15) is 0 Å². The second-order valence-electron chi connectivity index (χ2n) is 5.84. The van der Waals surface area contributed by atoms with Crippen LogP contribution in [0.4, 0.5) is 0 Å². The van der Waals surface area contributed by atoms with Crippen molar-refractivity contribution in [3.05, 3.63) is 72.2 Å². The summed E-state index contributed by atoms with van der Waals surface area (Å²) in [4.78, 5) is 24.2. The van der Waals surface area contributed by atoms with Gasteiger partial charge in [0.05, 0.1) is 6.84 Å². The Hall–Kier alpha value is -1.16. The molecule has 2 atom stereocenters. The van der Waals surface area contributed by atoms with Crippen LogP contribution < -0.4 is 10.6 Å². The second kappa shape index (κ2) is 7.81. The Morgan fingerprint density at radius 3 is 1.54 bits per heavy atom. The van der Waals surface area contributed by atoms with Crippen molar-refractivity contribution >= 4 is 57.0 Å². The van der Waals surface area contributed by atoms with Gasteiger partial charge in [0.2, 0.25) is 0 Å². The molecule has 0 heterocycles. The van der Waals surface area contributed by atoms with Crippen molar-refractivity contribution < 1.29 is 9.59 Å². The smallest absolute Gasteiger partial charge is 0.314 e. The van der Waals surface area contributed by atoms with Gasteiger partial charge in [0.15, 0.2) is 0 Å². The van der Waals surface area contributed by atoms with E-state index in [1.165, 1.54) is 0 Å². The van der Waals surface area contributed by atoms with Gasteiger partial charge in [0.25, 0.3) is 0 Å². The van der Waals surface area contributed by atoms with Crippen LogP contribution in [0.2, 0.25) is 0 Å². The van der Waals surface area contributed by atoms with Gasteiger partial charge in [-0.25, -0.2) is 0 Å². The number of halogens is 2. The standard InChI is InChI=1S/C18H18I2N2O2/c1-17(19)9-3-5-13(7-11-17)21-15(23)16(24)22-14-6-4-10-18(2,20)12-8-14/h3-12H,1-2H3,(H,21,23)(H,22,24). The molecule has 0 aromatic carbocycles. The molecule has 2 amide bonds. The van der Waals surface area contributed by atoms with Gasteiger partial charge in [-0.2, -0.15) is 0 Å². The van der Waals surface area contributed by atoms with E-state index in [9.17, 15) is 9.59 Å². The van der Waals surface area contributed by atoms with E-state index in [1.807, 2.05) is 50.3 Å². The zero-order valence-corrected chi connectivity index (χ0v) is 17.7. The molecule has 2 aliphatic rings. The van der Waals surface area contributed by atoms with Gasteiger partial charge in [0, 0.05) is 11.4 Å². The molecule has 24 heavy (non-hydrogen) atoms. The molecule has 0 fully saturated rings. The van der Waals surface area contributed by atoms with Crippen LogP contribution in [0, 0.1) is 0 Å². The number of nitrogens with one attached hydrogen (secondary N) is 2. The highest BCUT2D eigenvalue weighted by Gasteiger charge is 2.18. The number of alkyl halides is 2. The van der Waals surface area contributed by atoms with Gasteiger partial charge >= 0.3 is 11.8 Å². The number of hydrogen-bond acceptors (Lipinski definition) is 2. The van der Waals surface area contributed by atoms with Crippen molar-refractivity contribution in [2.75, 3.05) is 0 Å². The number of rotatable bonds is 2. The van der Waals surface area contributed by atoms with E-state index in [0.29, 0.717) is 11.4 Å². The molecule has 126 valence electrons. The van der Waals surface area contributed by atoms with Crippen LogP contribution in [0.1, 0.15) is 13.8 Å². The first-order valence-corrected chi connectivity index (χ1v) is 9.50. The Morgan fingerprint density at radius 2 is 1.17 bits per heavy atom.